The van der Waals surface area contributed by atoms with Crippen molar-refractivity contribution < 1.29 is 4.39 Å². The number of aryl methyl sites for hydroxylation is 1. The lowest BCUT2D eigenvalue weighted by Gasteiger charge is -2.20. The summed E-state index contributed by atoms with van der Waals surface area (Å²) in [5.41, 5.74) is 1.43. The molecule has 0 saturated carbocycles. The van der Waals surface area contributed by atoms with Gasteiger partial charge in [0, 0.05) is 22.9 Å². The van der Waals surface area contributed by atoms with Crippen LogP contribution in [0.15, 0.2) is 24.3 Å². The Morgan fingerprint density at radius 2 is 2.21 bits per heavy atom. The molecule has 1 aromatic heterocycles. The van der Waals surface area contributed by atoms with Crippen LogP contribution in [0.25, 0.3) is 11.3 Å². The van der Waals surface area contributed by atoms with Crippen LogP contribution in [-0.4, -0.2) is 18.1 Å². The van der Waals surface area contributed by atoms with Gasteiger partial charge in [-0.05, 0) is 38.4 Å². The van der Waals surface area contributed by atoms with Crippen LogP contribution in [0.2, 0.25) is 0 Å². The van der Waals surface area contributed by atoms with Crippen LogP contribution in [0, 0.1) is 12.7 Å². The minimum atomic E-state index is -0.191. The monoisotopic (exact) mass is 276 g/mol. The van der Waals surface area contributed by atoms with Crippen LogP contribution in [0.5, 0.6) is 0 Å². The molecule has 1 unspecified atom stereocenters. The maximum atomic E-state index is 13.9. The van der Waals surface area contributed by atoms with Crippen molar-refractivity contribution in [2.24, 2.45) is 0 Å². The van der Waals surface area contributed by atoms with E-state index in [0.29, 0.717) is 11.5 Å². The number of hydrogen-bond acceptors (Lipinski definition) is 3. The van der Waals surface area contributed by atoms with Crippen LogP contribution >= 0.6 is 11.3 Å². The van der Waals surface area contributed by atoms with Gasteiger partial charge in [0.25, 0.3) is 0 Å². The molecule has 0 spiro atoms. The van der Waals surface area contributed by atoms with Crippen molar-refractivity contribution in [2.45, 2.75) is 25.7 Å². The lowest BCUT2D eigenvalue weighted by molar-refractivity contribution is 0.460. The second-order valence-electron chi connectivity index (χ2n) is 4.98. The molecule has 1 aromatic carbocycles. The Morgan fingerprint density at radius 1 is 1.37 bits per heavy atom. The highest BCUT2D eigenvalue weighted by atomic mass is 32.1. The van der Waals surface area contributed by atoms with E-state index in [4.69, 9.17) is 4.98 Å². The van der Waals surface area contributed by atoms with Gasteiger partial charge in [0.2, 0.25) is 0 Å². The van der Waals surface area contributed by atoms with Crippen LogP contribution in [-0.2, 0) is 0 Å². The van der Waals surface area contributed by atoms with Gasteiger partial charge >= 0.3 is 0 Å². The molecule has 3 rings (SSSR count). The topological polar surface area (TPSA) is 24.9 Å². The lowest BCUT2D eigenvalue weighted by Crippen LogP contribution is -2.28. The van der Waals surface area contributed by atoms with E-state index in [1.165, 1.54) is 18.9 Å². The number of piperidine rings is 1. The van der Waals surface area contributed by atoms with Crippen molar-refractivity contribution in [3.8, 4) is 11.3 Å². The minimum Gasteiger partial charge on any atom is -0.316 e. The van der Waals surface area contributed by atoms with Gasteiger partial charge in [-0.25, -0.2) is 9.37 Å². The molecular formula is C15H17FN2S. The molecule has 19 heavy (non-hydrogen) atoms. The average molecular weight is 276 g/mol. The van der Waals surface area contributed by atoms with Crippen molar-refractivity contribution in [1.82, 2.24) is 10.3 Å². The molecule has 2 nitrogen and oxygen atoms in total. The number of hydrogen-bond donors (Lipinski definition) is 1. The molecule has 100 valence electrons. The second kappa shape index (κ2) is 5.39. The lowest BCUT2D eigenvalue weighted by atomic mass is 10.0. The van der Waals surface area contributed by atoms with Gasteiger partial charge in [-0.3, -0.25) is 0 Å². The maximum absolute atomic E-state index is 13.9. The van der Waals surface area contributed by atoms with Crippen molar-refractivity contribution >= 4 is 11.3 Å². The molecule has 0 aliphatic carbocycles. The molecular weight excluding hydrogens is 259 g/mol. The van der Waals surface area contributed by atoms with E-state index >= 15 is 0 Å². The minimum absolute atomic E-state index is 0.191. The summed E-state index contributed by atoms with van der Waals surface area (Å²) in [5, 5.41) is 4.55. The first-order valence-electron chi connectivity index (χ1n) is 6.68. The van der Waals surface area contributed by atoms with Gasteiger partial charge in [0.05, 0.1) is 10.7 Å². The predicted molar refractivity (Wildman–Crippen MR) is 77.1 cm³/mol. The van der Waals surface area contributed by atoms with Gasteiger partial charge in [-0.2, -0.15) is 0 Å². The highest BCUT2D eigenvalue weighted by Crippen LogP contribution is 2.34. The first kappa shape index (κ1) is 12.8. The Morgan fingerprint density at radius 3 is 2.95 bits per heavy atom. The number of nitrogens with zero attached hydrogens (tertiary/aromatic N) is 1. The zero-order chi connectivity index (χ0) is 13.2. The number of aromatic nitrogens is 1. The Labute approximate surface area is 116 Å². The average Bonchev–Trinajstić information content (AvgIpc) is 2.82. The summed E-state index contributed by atoms with van der Waals surface area (Å²) in [5.74, 6) is 0.294. The molecule has 1 fully saturated rings. The third-order valence-electron chi connectivity index (χ3n) is 3.59. The summed E-state index contributed by atoms with van der Waals surface area (Å²) in [4.78, 5) is 5.81. The van der Waals surface area contributed by atoms with E-state index in [1.807, 2.05) is 13.0 Å². The van der Waals surface area contributed by atoms with E-state index in [0.717, 1.165) is 28.7 Å². The fraction of sp³-hybridized carbons (Fsp3) is 0.400. The van der Waals surface area contributed by atoms with Gasteiger partial charge in [-0.1, -0.05) is 12.1 Å². The Bertz CT molecular complexity index is 573. The van der Waals surface area contributed by atoms with Gasteiger partial charge in [-0.15, -0.1) is 11.3 Å². The fourth-order valence-electron chi connectivity index (χ4n) is 2.56. The third kappa shape index (κ3) is 2.55. The Kier molecular flexibility index (Phi) is 3.62. The summed E-state index contributed by atoms with van der Waals surface area (Å²) in [7, 11) is 0. The van der Waals surface area contributed by atoms with Crippen LogP contribution < -0.4 is 5.32 Å². The quantitative estimate of drug-likeness (QED) is 0.904. The number of rotatable bonds is 2. The summed E-state index contributed by atoms with van der Waals surface area (Å²) in [6.45, 7) is 4.11. The third-order valence-corrected chi connectivity index (χ3v) is 4.72. The van der Waals surface area contributed by atoms with Crippen LogP contribution in [0.3, 0.4) is 0 Å². The SMILES string of the molecule is Cc1sc(C2CCCNC2)nc1-c1ccccc1F. The molecule has 1 aliphatic rings. The predicted octanol–water partition coefficient (Wildman–Crippen LogP) is 3.72. The maximum Gasteiger partial charge on any atom is 0.132 e. The van der Waals surface area contributed by atoms with Crippen molar-refractivity contribution in [3.63, 3.8) is 0 Å². The van der Waals surface area contributed by atoms with Crippen molar-refractivity contribution in [1.29, 1.82) is 0 Å². The highest BCUT2D eigenvalue weighted by Gasteiger charge is 2.21. The zero-order valence-electron chi connectivity index (χ0n) is 10.9. The standard InChI is InChI=1S/C15H17FN2S/c1-10-14(12-6-2-3-7-13(12)16)18-15(19-10)11-5-4-8-17-9-11/h2-3,6-7,11,17H,4-5,8-9H2,1H3. The molecule has 0 amide bonds. The largest absolute Gasteiger partial charge is 0.316 e. The van der Waals surface area contributed by atoms with Gasteiger partial charge in [0.1, 0.15) is 5.82 Å². The zero-order valence-corrected chi connectivity index (χ0v) is 11.8. The summed E-state index contributed by atoms with van der Waals surface area (Å²) >= 11 is 1.71. The van der Waals surface area contributed by atoms with Gasteiger partial charge < -0.3 is 5.32 Å². The van der Waals surface area contributed by atoms with E-state index in [-0.39, 0.29) is 5.82 Å². The Hall–Kier alpha value is -1.26. The summed E-state index contributed by atoms with van der Waals surface area (Å²) < 4.78 is 13.9. The molecule has 1 atom stereocenters. The molecule has 4 heteroatoms. The molecule has 1 saturated heterocycles. The van der Waals surface area contributed by atoms with E-state index in [1.54, 1.807) is 23.5 Å². The molecule has 0 bridgehead atoms. The summed E-state index contributed by atoms with van der Waals surface area (Å²) in [6, 6.07) is 6.88. The van der Waals surface area contributed by atoms with Crippen LogP contribution in [0.1, 0.15) is 28.6 Å². The van der Waals surface area contributed by atoms with Crippen molar-refractivity contribution in [3.05, 3.63) is 40.0 Å². The molecule has 2 heterocycles. The smallest absolute Gasteiger partial charge is 0.132 e. The number of thiazole rings is 1. The van der Waals surface area contributed by atoms with E-state index < -0.39 is 0 Å². The highest BCUT2D eigenvalue weighted by molar-refractivity contribution is 7.12. The fourth-order valence-corrected chi connectivity index (χ4v) is 3.63. The first-order valence-corrected chi connectivity index (χ1v) is 7.50. The molecule has 1 aliphatic heterocycles. The second-order valence-corrected chi connectivity index (χ2v) is 6.21. The Balaban J connectivity index is 1.95. The van der Waals surface area contributed by atoms with E-state index in [2.05, 4.69) is 5.32 Å². The molecule has 0 radical (unpaired) electrons. The number of benzene rings is 1. The van der Waals surface area contributed by atoms with Gasteiger partial charge in [0.15, 0.2) is 0 Å². The summed E-state index contributed by atoms with van der Waals surface area (Å²) in [6.07, 6.45) is 2.37. The molecule has 2 aromatic rings. The van der Waals surface area contributed by atoms with Crippen molar-refractivity contribution in [2.75, 3.05) is 13.1 Å². The molecule has 1 N–H and O–H groups in total. The van der Waals surface area contributed by atoms with Crippen LogP contribution in [0.4, 0.5) is 4.39 Å². The normalized spacial score (nSPS) is 19.6. The number of halogens is 1. The van der Waals surface area contributed by atoms with E-state index in [9.17, 15) is 4.39 Å². The number of nitrogens with one attached hydrogen (secondary N) is 1. The first-order chi connectivity index (χ1) is 9.25.